The number of piperidine rings is 1. The molecule has 4 heteroatoms. The van der Waals surface area contributed by atoms with Crippen molar-refractivity contribution in [2.45, 2.75) is 58.9 Å². The molecule has 1 aromatic carbocycles. The quantitative estimate of drug-likeness (QED) is 0.464. The van der Waals surface area contributed by atoms with Gasteiger partial charge in [-0.1, -0.05) is 38.3 Å². The second-order valence-electron chi connectivity index (χ2n) is 6.88. The molecule has 0 saturated carbocycles. The van der Waals surface area contributed by atoms with Crippen LogP contribution in [0.15, 0.2) is 24.3 Å². The minimum Gasteiger partial charge on any atom is -0.494 e. The zero-order valence-corrected chi connectivity index (χ0v) is 15.8. The number of benzene rings is 1. The molecule has 25 heavy (non-hydrogen) atoms. The van der Waals surface area contributed by atoms with Crippen LogP contribution >= 0.6 is 0 Å². The number of likely N-dealkylation sites (tertiary alicyclic amines) is 1. The summed E-state index contributed by atoms with van der Waals surface area (Å²) in [6.07, 6.45) is 6.90. The number of nitrogens with zero attached hydrogens (tertiary/aromatic N) is 1. The maximum Gasteiger partial charge on any atom is 0.310 e. The van der Waals surface area contributed by atoms with E-state index in [2.05, 4.69) is 36.1 Å². The number of carbonyl (C=O) groups is 1. The Morgan fingerprint density at radius 1 is 1.16 bits per heavy atom. The number of hydrogen-bond donors (Lipinski definition) is 0. The molecule has 1 aliphatic heterocycles. The van der Waals surface area contributed by atoms with Crippen LogP contribution < -0.4 is 4.74 Å². The summed E-state index contributed by atoms with van der Waals surface area (Å²) in [4.78, 5) is 14.3. The van der Waals surface area contributed by atoms with Crippen molar-refractivity contribution in [2.75, 3.05) is 26.3 Å². The Hall–Kier alpha value is -1.55. The van der Waals surface area contributed by atoms with Gasteiger partial charge in [0.05, 0.1) is 19.1 Å². The van der Waals surface area contributed by atoms with Crippen molar-refractivity contribution in [1.29, 1.82) is 0 Å². The maximum atomic E-state index is 11.9. The van der Waals surface area contributed by atoms with Crippen molar-refractivity contribution in [3.63, 3.8) is 0 Å². The van der Waals surface area contributed by atoms with Crippen molar-refractivity contribution in [3.8, 4) is 5.75 Å². The van der Waals surface area contributed by atoms with Gasteiger partial charge in [-0.3, -0.25) is 9.69 Å². The van der Waals surface area contributed by atoms with E-state index in [0.29, 0.717) is 6.61 Å². The van der Waals surface area contributed by atoms with Gasteiger partial charge in [0.25, 0.3) is 0 Å². The topological polar surface area (TPSA) is 38.8 Å². The third-order valence-corrected chi connectivity index (χ3v) is 4.72. The van der Waals surface area contributed by atoms with E-state index in [1.807, 2.05) is 6.92 Å². The Labute approximate surface area is 152 Å². The SMILES string of the molecule is CCCCCCOc1ccc(CN2CCC[C@@H](C(=O)OCC)C2)cc1. The highest BCUT2D eigenvalue weighted by molar-refractivity contribution is 5.72. The molecule has 0 aromatic heterocycles. The van der Waals surface area contributed by atoms with Gasteiger partial charge in [0, 0.05) is 13.1 Å². The molecule has 0 amide bonds. The van der Waals surface area contributed by atoms with E-state index >= 15 is 0 Å². The average molecular weight is 347 g/mol. The van der Waals surface area contributed by atoms with Crippen LogP contribution in [0.1, 0.15) is 57.9 Å². The van der Waals surface area contributed by atoms with E-state index in [9.17, 15) is 4.79 Å². The summed E-state index contributed by atoms with van der Waals surface area (Å²) >= 11 is 0. The van der Waals surface area contributed by atoms with Crippen LogP contribution in [-0.2, 0) is 16.1 Å². The molecule has 140 valence electrons. The lowest BCUT2D eigenvalue weighted by Gasteiger charge is -2.31. The summed E-state index contributed by atoms with van der Waals surface area (Å²) in [5.41, 5.74) is 1.27. The first-order valence-electron chi connectivity index (χ1n) is 9.83. The summed E-state index contributed by atoms with van der Waals surface area (Å²) < 4.78 is 11.0. The van der Waals surface area contributed by atoms with E-state index in [1.165, 1.54) is 24.8 Å². The van der Waals surface area contributed by atoms with E-state index < -0.39 is 0 Å². The summed E-state index contributed by atoms with van der Waals surface area (Å²) in [5.74, 6) is 0.932. The Kier molecular flexibility index (Phi) is 8.81. The molecule has 0 bridgehead atoms. The highest BCUT2D eigenvalue weighted by Crippen LogP contribution is 2.21. The van der Waals surface area contributed by atoms with Crippen LogP contribution in [0, 0.1) is 5.92 Å². The van der Waals surface area contributed by atoms with Gasteiger partial charge in [-0.15, -0.1) is 0 Å². The van der Waals surface area contributed by atoms with Crippen LogP contribution in [0.2, 0.25) is 0 Å². The van der Waals surface area contributed by atoms with Crippen molar-refractivity contribution in [2.24, 2.45) is 5.92 Å². The molecule has 1 saturated heterocycles. The van der Waals surface area contributed by atoms with Crippen molar-refractivity contribution >= 4 is 5.97 Å². The van der Waals surface area contributed by atoms with Crippen LogP contribution in [0.4, 0.5) is 0 Å². The van der Waals surface area contributed by atoms with Gasteiger partial charge in [-0.05, 0) is 50.4 Å². The van der Waals surface area contributed by atoms with Gasteiger partial charge in [-0.2, -0.15) is 0 Å². The molecular weight excluding hydrogens is 314 g/mol. The zero-order chi connectivity index (χ0) is 17.9. The van der Waals surface area contributed by atoms with E-state index in [4.69, 9.17) is 9.47 Å². The van der Waals surface area contributed by atoms with E-state index in [1.54, 1.807) is 0 Å². The molecule has 1 fully saturated rings. The molecule has 1 atom stereocenters. The standard InChI is InChI=1S/C21H33NO3/c1-3-5-6-7-15-25-20-12-10-18(11-13-20)16-22-14-8-9-19(17-22)21(23)24-4-2/h10-13,19H,3-9,14-17H2,1-2H3/t19-/m1/s1. The molecule has 0 aliphatic carbocycles. The Morgan fingerprint density at radius 2 is 1.96 bits per heavy atom. The third kappa shape index (κ3) is 7.07. The minimum atomic E-state index is -0.0426. The van der Waals surface area contributed by atoms with Gasteiger partial charge in [0.15, 0.2) is 0 Å². The van der Waals surface area contributed by atoms with Gasteiger partial charge in [0.1, 0.15) is 5.75 Å². The van der Waals surface area contributed by atoms with Crippen molar-refractivity contribution in [3.05, 3.63) is 29.8 Å². The van der Waals surface area contributed by atoms with Crippen LogP contribution in [-0.4, -0.2) is 37.2 Å². The van der Waals surface area contributed by atoms with Crippen LogP contribution in [0.25, 0.3) is 0 Å². The number of unbranched alkanes of at least 4 members (excludes halogenated alkanes) is 3. The van der Waals surface area contributed by atoms with E-state index in [-0.39, 0.29) is 11.9 Å². The molecule has 0 N–H and O–H groups in total. The van der Waals surface area contributed by atoms with Gasteiger partial charge >= 0.3 is 5.97 Å². The van der Waals surface area contributed by atoms with Gasteiger partial charge in [-0.25, -0.2) is 0 Å². The van der Waals surface area contributed by atoms with Crippen molar-refractivity contribution in [1.82, 2.24) is 4.90 Å². The lowest BCUT2D eigenvalue weighted by atomic mass is 9.98. The van der Waals surface area contributed by atoms with Crippen LogP contribution in [0.5, 0.6) is 5.75 Å². The zero-order valence-electron chi connectivity index (χ0n) is 15.8. The molecule has 1 aromatic rings. The second-order valence-corrected chi connectivity index (χ2v) is 6.88. The van der Waals surface area contributed by atoms with Crippen molar-refractivity contribution < 1.29 is 14.3 Å². The minimum absolute atomic E-state index is 0.0272. The number of carbonyl (C=O) groups excluding carboxylic acids is 1. The summed E-state index contributed by atoms with van der Waals surface area (Å²) in [7, 11) is 0. The third-order valence-electron chi connectivity index (χ3n) is 4.72. The number of esters is 1. The Morgan fingerprint density at radius 3 is 2.68 bits per heavy atom. The predicted molar refractivity (Wildman–Crippen MR) is 101 cm³/mol. The summed E-state index contributed by atoms with van der Waals surface area (Å²) in [5, 5.41) is 0. The normalized spacial score (nSPS) is 18.1. The smallest absolute Gasteiger partial charge is 0.310 e. The second kappa shape index (κ2) is 11.1. The molecule has 0 spiro atoms. The Bertz CT molecular complexity index is 500. The Balaban J connectivity index is 1.75. The lowest BCUT2D eigenvalue weighted by molar-refractivity contribution is -0.150. The number of rotatable bonds is 10. The highest BCUT2D eigenvalue weighted by Gasteiger charge is 2.26. The molecule has 2 rings (SSSR count). The first kappa shape index (κ1) is 19.8. The van der Waals surface area contributed by atoms with Gasteiger partial charge < -0.3 is 9.47 Å². The fourth-order valence-electron chi connectivity index (χ4n) is 3.32. The van der Waals surface area contributed by atoms with Gasteiger partial charge in [0.2, 0.25) is 0 Å². The summed E-state index contributed by atoms with van der Waals surface area (Å²) in [6, 6.07) is 8.38. The average Bonchev–Trinajstić information content (AvgIpc) is 2.63. The van der Waals surface area contributed by atoms with Crippen LogP contribution in [0.3, 0.4) is 0 Å². The lowest BCUT2D eigenvalue weighted by Crippen LogP contribution is -2.38. The number of hydrogen-bond acceptors (Lipinski definition) is 4. The predicted octanol–water partition coefficient (Wildman–Crippen LogP) is 4.42. The fraction of sp³-hybridized carbons (Fsp3) is 0.667. The molecule has 1 aliphatic rings. The molecule has 1 heterocycles. The molecular formula is C21H33NO3. The highest BCUT2D eigenvalue weighted by atomic mass is 16.5. The molecule has 4 nitrogen and oxygen atoms in total. The van der Waals surface area contributed by atoms with E-state index in [0.717, 1.165) is 51.3 Å². The fourth-order valence-corrected chi connectivity index (χ4v) is 3.32. The number of ether oxygens (including phenoxy) is 2. The first-order chi connectivity index (χ1) is 12.2. The first-order valence-corrected chi connectivity index (χ1v) is 9.83. The maximum absolute atomic E-state index is 11.9. The molecule has 0 radical (unpaired) electrons. The summed E-state index contributed by atoms with van der Waals surface area (Å²) in [6.45, 7) is 8.08. The largest absolute Gasteiger partial charge is 0.494 e. The molecule has 0 unspecified atom stereocenters. The monoisotopic (exact) mass is 347 g/mol.